The summed E-state index contributed by atoms with van der Waals surface area (Å²) in [6.45, 7) is 3.88. The Kier molecular flexibility index (Phi) is 6.50. The molecule has 1 unspecified atom stereocenters. The monoisotopic (exact) mass is 466 g/mol. The number of cyclic esters (lactones) is 1. The van der Waals surface area contributed by atoms with E-state index in [0.717, 1.165) is 16.0 Å². The van der Waals surface area contributed by atoms with Crippen LogP contribution in [-0.2, 0) is 24.8 Å². The van der Waals surface area contributed by atoms with Crippen molar-refractivity contribution in [3.8, 4) is 0 Å². The van der Waals surface area contributed by atoms with E-state index in [1.54, 1.807) is 26.0 Å². The van der Waals surface area contributed by atoms with E-state index in [2.05, 4.69) is 5.32 Å². The van der Waals surface area contributed by atoms with Crippen molar-refractivity contribution in [1.82, 2.24) is 5.32 Å². The number of carbonyl (C=O) groups is 2. The summed E-state index contributed by atoms with van der Waals surface area (Å²) in [5.41, 5.74) is 3.86. The zero-order valence-corrected chi connectivity index (χ0v) is 18.9. The highest BCUT2D eigenvalue weighted by Gasteiger charge is 2.42. The molecular formula is C24H22N2O6S. The summed E-state index contributed by atoms with van der Waals surface area (Å²) in [5, 5.41) is 14.0. The van der Waals surface area contributed by atoms with Crippen molar-refractivity contribution in [2.75, 3.05) is 13.2 Å². The molecule has 0 spiro atoms. The molecule has 0 saturated heterocycles. The topological polar surface area (TPSA) is 108 Å². The summed E-state index contributed by atoms with van der Waals surface area (Å²) in [4.78, 5) is 36.9. The molecule has 2 aliphatic rings. The highest BCUT2D eigenvalue weighted by atomic mass is 32.2. The minimum Gasteiger partial charge on any atom is -0.463 e. The summed E-state index contributed by atoms with van der Waals surface area (Å²) in [6.07, 6.45) is 0. The first kappa shape index (κ1) is 22.6. The van der Waals surface area contributed by atoms with Gasteiger partial charge in [0.05, 0.1) is 34.3 Å². The molecule has 2 aromatic rings. The number of nitrogens with one attached hydrogen (secondary N) is 1. The van der Waals surface area contributed by atoms with Gasteiger partial charge in [0.1, 0.15) is 6.61 Å². The number of thioether (sulfide) groups is 1. The average Bonchev–Trinajstić information content (AvgIpc) is 3.17. The molecule has 33 heavy (non-hydrogen) atoms. The van der Waals surface area contributed by atoms with Crippen LogP contribution < -0.4 is 5.32 Å². The Bertz CT molecular complexity index is 1190. The van der Waals surface area contributed by atoms with Gasteiger partial charge >= 0.3 is 11.9 Å². The summed E-state index contributed by atoms with van der Waals surface area (Å²) in [5.74, 6) is -0.981. The smallest absolute Gasteiger partial charge is 0.337 e. The zero-order valence-electron chi connectivity index (χ0n) is 18.1. The van der Waals surface area contributed by atoms with Gasteiger partial charge in [0.15, 0.2) is 0 Å². The van der Waals surface area contributed by atoms with Crippen molar-refractivity contribution in [1.29, 1.82) is 0 Å². The lowest BCUT2D eigenvalue weighted by Gasteiger charge is -2.28. The fourth-order valence-corrected chi connectivity index (χ4v) is 5.02. The van der Waals surface area contributed by atoms with Crippen LogP contribution in [0.3, 0.4) is 0 Å². The molecule has 0 saturated carbocycles. The molecular weight excluding hydrogens is 444 g/mol. The lowest BCUT2D eigenvalue weighted by Crippen LogP contribution is -2.30. The Morgan fingerprint density at radius 2 is 1.97 bits per heavy atom. The number of esters is 2. The van der Waals surface area contributed by atoms with Crippen LogP contribution in [0.1, 0.15) is 30.9 Å². The molecule has 1 atom stereocenters. The first-order valence-corrected chi connectivity index (χ1v) is 11.4. The van der Waals surface area contributed by atoms with Crippen molar-refractivity contribution in [3.05, 3.63) is 92.3 Å². The lowest BCUT2D eigenvalue weighted by atomic mass is 9.81. The van der Waals surface area contributed by atoms with Gasteiger partial charge in [0, 0.05) is 28.5 Å². The minimum atomic E-state index is -0.615. The number of ether oxygens (including phenoxy) is 2. The molecule has 0 fully saturated rings. The van der Waals surface area contributed by atoms with Crippen LogP contribution in [-0.4, -0.2) is 30.1 Å². The molecule has 4 rings (SSSR count). The molecule has 2 heterocycles. The van der Waals surface area contributed by atoms with Gasteiger partial charge in [0.2, 0.25) is 0 Å². The van der Waals surface area contributed by atoms with Crippen molar-refractivity contribution in [2.45, 2.75) is 30.4 Å². The van der Waals surface area contributed by atoms with Crippen molar-refractivity contribution >= 4 is 29.4 Å². The molecule has 0 aromatic heterocycles. The minimum absolute atomic E-state index is 0.0396. The van der Waals surface area contributed by atoms with Crippen LogP contribution in [0.5, 0.6) is 0 Å². The highest BCUT2D eigenvalue weighted by Crippen LogP contribution is 2.44. The van der Waals surface area contributed by atoms with Crippen molar-refractivity contribution in [3.63, 3.8) is 0 Å². The Hall–Kier alpha value is -3.59. The fourth-order valence-electron chi connectivity index (χ4n) is 3.98. The van der Waals surface area contributed by atoms with Crippen LogP contribution in [0.2, 0.25) is 0 Å². The Morgan fingerprint density at radius 1 is 1.24 bits per heavy atom. The number of dihydropyridines is 1. The molecule has 170 valence electrons. The van der Waals surface area contributed by atoms with Gasteiger partial charge in [-0.05, 0) is 31.0 Å². The molecule has 0 aliphatic carbocycles. The second-order valence-corrected chi connectivity index (χ2v) is 8.55. The maximum atomic E-state index is 12.9. The van der Waals surface area contributed by atoms with Crippen molar-refractivity contribution < 1.29 is 24.0 Å². The Balaban J connectivity index is 1.70. The molecule has 0 amide bonds. The number of carbonyl (C=O) groups excluding carboxylic acids is 2. The number of hydrogen-bond acceptors (Lipinski definition) is 8. The second-order valence-electron chi connectivity index (χ2n) is 7.54. The molecule has 8 nitrogen and oxygen atoms in total. The van der Waals surface area contributed by atoms with Crippen LogP contribution in [0.4, 0.5) is 5.69 Å². The standard InChI is InChI=1S/C24H22N2O6S/c1-3-31-23(27)20-14(2)25-18-12-32-24(28)22(18)21(20)17-6-4-5-7-19(17)33-13-15-8-10-16(11-9-15)26(29)30/h4-11,21,25H,3,12-13H2,1-2H3. The number of benzene rings is 2. The number of allylic oxidation sites excluding steroid dienone is 1. The SMILES string of the molecule is CCOC(=O)C1=C(C)NC2=C(C(=O)OC2)C1c1ccccc1SCc1ccc([N+](=O)[O-])cc1. The summed E-state index contributed by atoms with van der Waals surface area (Å²) < 4.78 is 10.6. The second kappa shape index (κ2) is 9.50. The molecule has 1 N–H and O–H groups in total. The molecule has 2 aromatic carbocycles. The van der Waals surface area contributed by atoms with Crippen LogP contribution in [0.15, 0.2) is 76.0 Å². The Labute approximate surface area is 194 Å². The van der Waals surface area contributed by atoms with Gasteiger partial charge in [-0.1, -0.05) is 30.3 Å². The third kappa shape index (κ3) is 4.49. The lowest BCUT2D eigenvalue weighted by molar-refractivity contribution is -0.384. The largest absolute Gasteiger partial charge is 0.463 e. The number of non-ortho nitro benzene ring substituents is 1. The summed E-state index contributed by atoms with van der Waals surface area (Å²) in [7, 11) is 0. The van der Waals surface area contributed by atoms with Gasteiger partial charge < -0.3 is 14.8 Å². The predicted octanol–water partition coefficient (Wildman–Crippen LogP) is 4.22. The van der Waals surface area contributed by atoms with E-state index in [4.69, 9.17) is 9.47 Å². The molecule has 9 heteroatoms. The third-order valence-electron chi connectivity index (χ3n) is 5.48. The van der Waals surface area contributed by atoms with E-state index in [1.165, 1.54) is 23.9 Å². The number of nitro benzene ring substituents is 1. The molecule has 2 aliphatic heterocycles. The van der Waals surface area contributed by atoms with E-state index >= 15 is 0 Å². The number of hydrogen-bond donors (Lipinski definition) is 1. The first-order valence-electron chi connectivity index (χ1n) is 10.4. The molecule has 0 bridgehead atoms. The Morgan fingerprint density at radius 3 is 2.67 bits per heavy atom. The van der Waals surface area contributed by atoms with Crippen LogP contribution >= 0.6 is 11.8 Å². The quantitative estimate of drug-likeness (QED) is 0.280. The van der Waals surface area contributed by atoms with Gasteiger partial charge in [0.25, 0.3) is 5.69 Å². The number of rotatable bonds is 7. The van der Waals surface area contributed by atoms with Gasteiger partial charge in [-0.15, -0.1) is 11.8 Å². The zero-order chi connectivity index (χ0) is 23.5. The first-order chi connectivity index (χ1) is 15.9. The predicted molar refractivity (Wildman–Crippen MR) is 122 cm³/mol. The van der Waals surface area contributed by atoms with E-state index in [-0.39, 0.29) is 18.9 Å². The van der Waals surface area contributed by atoms with Gasteiger partial charge in [-0.3, -0.25) is 10.1 Å². The van der Waals surface area contributed by atoms with Gasteiger partial charge in [-0.25, -0.2) is 9.59 Å². The maximum absolute atomic E-state index is 12.9. The fraction of sp³-hybridized carbons (Fsp3) is 0.250. The average molecular weight is 467 g/mol. The number of nitro groups is 1. The highest BCUT2D eigenvalue weighted by molar-refractivity contribution is 7.98. The van der Waals surface area contributed by atoms with E-state index in [9.17, 15) is 19.7 Å². The van der Waals surface area contributed by atoms with Crippen LogP contribution in [0, 0.1) is 10.1 Å². The van der Waals surface area contributed by atoms with Crippen molar-refractivity contribution in [2.24, 2.45) is 0 Å². The summed E-state index contributed by atoms with van der Waals surface area (Å²) in [6, 6.07) is 14.0. The maximum Gasteiger partial charge on any atom is 0.337 e. The van der Waals surface area contributed by atoms with Gasteiger partial charge in [-0.2, -0.15) is 0 Å². The van der Waals surface area contributed by atoms with E-state index in [0.29, 0.717) is 28.3 Å². The third-order valence-corrected chi connectivity index (χ3v) is 6.64. The molecule has 0 radical (unpaired) electrons. The van der Waals surface area contributed by atoms with E-state index in [1.807, 2.05) is 24.3 Å². The number of nitrogens with zero attached hydrogens (tertiary/aromatic N) is 1. The summed E-state index contributed by atoms with van der Waals surface area (Å²) >= 11 is 1.53. The van der Waals surface area contributed by atoms with Crippen LogP contribution in [0.25, 0.3) is 0 Å². The van der Waals surface area contributed by atoms with E-state index < -0.39 is 22.8 Å². The normalized spacial score (nSPS) is 17.4.